The summed E-state index contributed by atoms with van der Waals surface area (Å²) < 4.78 is 0. The molecule has 1 aromatic heterocycles. The maximum atomic E-state index is 4.45. The molecular weight excluding hydrogens is 240 g/mol. The fourth-order valence-electron chi connectivity index (χ4n) is 2.10. The van der Waals surface area contributed by atoms with Crippen LogP contribution in [0, 0.1) is 19.8 Å². The zero-order valence-electron chi connectivity index (χ0n) is 12.4. The van der Waals surface area contributed by atoms with Crippen LogP contribution in [0.25, 0.3) is 0 Å². The van der Waals surface area contributed by atoms with E-state index in [2.05, 4.69) is 38.0 Å². The van der Waals surface area contributed by atoms with Gasteiger partial charge in [-0.15, -0.1) is 11.3 Å². The van der Waals surface area contributed by atoms with Crippen molar-refractivity contribution in [1.29, 1.82) is 0 Å². The van der Waals surface area contributed by atoms with Gasteiger partial charge in [-0.25, -0.2) is 4.98 Å². The van der Waals surface area contributed by atoms with E-state index in [4.69, 9.17) is 0 Å². The average molecular weight is 268 g/mol. The third-order valence-electron chi connectivity index (χ3n) is 3.17. The van der Waals surface area contributed by atoms with Gasteiger partial charge in [0.05, 0.1) is 10.7 Å². The molecule has 1 N–H and O–H groups in total. The Bertz CT molecular complexity index is 331. The molecule has 0 bridgehead atoms. The maximum absolute atomic E-state index is 4.45. The average Bonchev–Trinajstić information content (AvgIpc) is 2.61. The van der Waals surface area contributed by atoms with Crippen molar-refractivity contribution in [3.05, 3.63) is 15.6 Å². The molecule has 0 unspecified atom stereocenters. The number of thiazole rings is 1. The number of unbranched alkanes of at least 4 members (excludes halogenated alkanes) is 3. The Hall–Kier alpha value is -0.410. The van der Waals surface area contributed by atoms with Crippen LogP contribution in [0.15, 0.2) is 0 Å². The van der Waals surface area contributed by atoms with Gasteiger partial charge >= 0.3 is 0 Å². The first-order valence-corrected chi connectivity index (χ1v) is 8.05. The van der Waals surface area contributed by atoms with Crippen molar-refractivity contribution in [3.8, 4) is 0 Å². The van der Waals surface area contributed by atoms with Gasteiger partial charge in [0.15, 0.2) is 0 Å². The highest BCUT2D eigenvalue weighted by Crippen LogP contribution is 2.16. The molecule has 2 nitrogen and oxygen atoms in total. The molecule has 1 heterocycles. The van der Waals surface area contributed by atoms with Gasteiger partial charge in [-0.05, 0) is 32.7 Å². The number of hydrogen-bond donors (Lipinski definition) is 1. The molecule has 104 valence electrons. The van der Waals surface area contributed by atoms with E-state index in [9.17, 15) is 0 Å². The molecule has 1 rings (SSSR count). The predicted octanol–water partition coefficient (Wildman–Crippen LogP) is 4.46. The zero-order chi connectivity index (χ0) is 13.4. The van der Waals surface area contributed by atoms with E-state index in [1.54, 1.807) is 0 Å². The SMILES string of the molecule is Cc1nc(C)c(CNCCCCCCC(C)C)s1. The molecule has 0 aromatic carbocycles. The first-order valence-electron chi connectivity index (χ1n) is 7.23. The lowest BCUT2D eigenvalue weighted by Crippen LogP contribution is -2.14. The lowest BCUT2D eigenvalue weighted by Gasteiger charge is -2.05. The van der Waals surface area contributed by atoms with E-state index in [-0.39, 0.29) is 0 Å². The second kappa shape index (κ2) is 8.65. The third-order valence-corrected chi connectivity index (χ3v) is 4.24. The number of hydrogen-bond acceptors (Lipinski definition) is 3. The Morgan fingerprint density at radius 2 is 1.83 bits per heavy atom. The van der Waals surface area contributed by atoms with Gasteiger partial charge in [0.25, 0.3) is 0 Å². The molecule has 0 aliphatic heterocycles. The highest BCUT2D eigenvalue weighted by atomic mass is 32.1. The Morgan fingerprint density at radius 3 is 2.44 bits per heavy atom. The zero-order valence-corrected chi connectivity index (χ0v) is 13.2. The number of aromatic nitrogens is 1. The molecule has 0 amide bonds. The summed E-state index contributed by atoms with van der Waals surface area (Å²) in [5, 5.41) is 4.70. The Balaban J connectivity index is 1.97. The van der Waals surface area contributed by atoms with Crippen LogP contribution in [0.2, 0.25) is 0 Å². The summed E-state index contributed by atoms with van der Waals surface area (Å²) in [6.07, 6.45) is 6.82. The number of rotatable bonds is 9. The standard InChI is InChI=1S/C15H28N2S/c1-12(2)9-7-5-6-8-10-16-11-15-13(3)17-14(4)18-15/h12,16H,5-11H2,1-4H3. The maximum Gasteiger partial charge on any atom is 0.0900 e. The van der Waals surface area contributed by atoms with E-state index < -0.39 is 0 Å². The van der Waals surface area contributed by atoms with Crippen molar-refractivity contribution in [3.63, 3.8) is 0 Å². The van der Waals surface area contributed by atoms with Crippen LogP contribution in [-0.4, -0.2) is 11.5 Å². The fraction of sp³-hybridized carbons (Fsp3) is 0.800. The summed E-state index contributed by atoms with van der Waals surface area (Å²) >= 11 is 1.82. The van der Waals surface area contributed by atoms with Crippen LogP contribution >= 0.6 is 11.3 Å². The lowest BCUT2D eigenvalue weighted by molar-refractivity contribution is 0.512. The summed E-state index contributed by atoms with van der Waals surface area (Å²) in [6, 6.07) is 0. The monoisotopic (exact) mass is 268 g/mol. The molecule has 3 heteroatoms. The highest BCUT2D eigenvalue weighted by Gasteiger charge is 2.03. The van der Waals surface area contributed by atoms with Crippen molar-refractivity contribution >= 4 is 11.3 Å². The molecular formula is C15H28N2S. The van der Waals surface area contributed by atoms with Crippen LogP contribution < -0.4 is 5.32 Å². The first kappa shape index (κ1) is 15.6. The smallest absolute Gasteiger partial charge is 0.0900 e. The van der Waals surface area contributed by atoms with Crippen molar-refractivity contribution in [2.24, 2.45) is 5.92 Å². The Kier molecular flexibility index (Phi) is 7.52. The van der Waals surface area contributed by atoms with Crippen molar-refractivity contribution < 1.29 is 0 Å². The van der Waals surface area contributed by atoms with Crippen LogP contribution in [0.1, 0.15) is 61.5 Å². The van der Waals surface area contributed by atoms with E-state index in [1.165, 1.54) is 47.7 Å². The highest BCUT2D eigenvalue weighted by molar-refractivity contribution is 7.11. The minimum atomic E-state index is 0.862. The normalized spacial score (nSPS) is 11.4. The molecule has 0 aliphatic rings. The van der Waals surface area contributed by atoms with Gasteiger partial charge in [0, 0.05) is 11.4 Å². The van der Waals surface area contributed by atoms with Gasteiger partial charge < -0.3 is 5.32 Å². The van der Waals surface area contributed by atoms with Gasteiger partial charge in [0.2, 0.25) is 0 Å². The minimum absolute atomic E-state index is 0.862. The van der Waals surface area contributed by atoms with Crippen LogP contribution in [0.5, 0.6) is 0 Å². The predicted molar refractivity (Wildman–Crippen MR) is 81.2 cm³/mol. The van der Waals surface area contributed by atoms with Crippen molar-refractivity contribution in [2.45, 2.75) is 66.3 Å². The van der Waals surface area contributed by atoms with Crippen LogP contribution in [-0.2, 0) is 6.54 Å². The summed E-state index contributed by atoms with van der Waals surface area (Å²) in [4.78, 5) is 5.84. The van der Waals surface area contributed by atoms with E-state index in [0.717, 1.165) is 19.0 Å². The lowest BCUT2D eigenvalue weighted by atomic mass is 10.0. The van der Waals surface area contributed by atoms with Gasteiger partial charge in [0.1, 0.15) is 0 Å². The molecule has 0 radical (unpaired) electrons. The molecule has 0 fully saturated rings. The molecule has 0 saturated carbocycles. The van der Waals surface area contributed by atoms with Crippen molar-refractivity contribution in [1.82, 2.24) is 10.3 Å². The molecule has 18 heavy (non-hydrogen) atoms. The fourth-order valence-corrected chi connectivity index (χ4v) is 3.00. The Labute approximate surface area is 116 Å². The van der Waals surface area contributed by atoms with Crippen molar-refractivity contribution in [2.75, 3.05) is 6.54 Å². The largest absolute Gasteiger partial charge is 0.312 e. The minimum Gasteiger partial charge on any atom is -0.312 e. The second-order valence-corrected chi connectivity index (χ2v) is 6.80. The molecule has 0 spiro atoms. The third kappa shape index (κ3) is 6.50. The van der Waals surface area contributed by atoms with Crippen LogP contribution in [0.4, 0.5) is 0 Å². The molecule has 0 atom stereocenters. The van der Waals surface area contributed by atoms with Gasteiger partial charge in [-0.2, -0.15) is 0 Å². The van der Waals surface area contributed by atoms with E-state index in [1.807, 2.05) is 11.3 Å². The van der Waals surface area contributed by atoms with Gasteiger partial charge in [-0.3, -0.25) is 0 Å². The molecule has 0 aliphatic carbocycles. The Morgan fingerprint density at radius 1 is 1.11 bits per heavy atom. The summed E-state index contributed by atoms with van der Waals surface area (Å²) in [7, 11) is 0. The van der Waals surface area contributed by atoms with E-state index in [0.29, 0.717) is 0 Å². The number of aryl methyl sites for hydroxylation is 2. The summed E-state index contributed by atoms with van der Waals surface area (Å²) in [6.45, 7) is 10.9. The first-order chi connectivity index (χ1) is 8.59. The summed E-state index contributed by atoms with van der Waals surface area (Å²) in [5.41, 5.74) is 1.20. The second-order valence-electron chi connectivity index (χ2n) is 5.51. The van der Waals surface area contributed by atoms with E-state index >= 15 is 0 Å². The quantitative estimate of drug-likeness (QED) is 0.669. The number of nitrogens with zero attached hydrogens (tertiary/aromatic N) is 1. The molecule has 0 saturated heterocycles. The van der Waals surface area contributed by atoms with Crippen LogP contribution in [0.3, 0.4) is 0 Å². The topological polar surface area (TPSA) is 24.9 Å². The summed E-state index contributed by atoms with van der Waals surface area (Å²) in [5.74, 6) is 0.862. The number of nitrogens with one attached hydrogen (secondary N) is 1. The van der Waals surface area contributed by atoms with Gasteiger partial charge in [-0.1, -0.05) is 39.5 Å². The molecule has 1 aromatic rings.